The van der Waals surface area contributed by atoms with Crippen LogP contribution < -0.4 is 0 Å². The van der Waals surface area contributed by atoms with Gasteiger partial charge in [-0.2, -0.15) is 13.2 Å². The normalized spacial score (nSPS) is 18.2. The minimum atomic E-state index is -4.20. The van der Waals surface area contributed by atoms with Crippen LogP contribution in [0.5, 0.6) is 0 Å². The molecule has 66 valence electrons. The van der Waals surface area contributed by atoms with Gasteiger partial charge in [-0.3, -0.25) is 0 Å². The molecule has 1 rings (SSSR count). The summed E-state index contributed by atoms with van der Waals surface area (Å²) >= 11 is 0. The van der Waals surface area contributed by atoms with Crippen LogP contribution in [-0.4, -0.2) is 6.18 Å². The van der Waals surface area contributed by atoms with Crippen molar-refractivity contribution in [1.29, 1.82) is 0 Å². The molecule has 0 radical (unpaired) electrons. The van der Waals surface area contributed by atoms with Gasteiger partial charge in [0, 0.05) is 5.57 Å². The van der Waals surface area contributed by atoms with Crippen molar-refractivity contribution < 1.29 is 13.2 Å². The van der Waals surface area contributed by atoms with Crippen molar-refractivity contribution in [2.24, 2.45) is 0 Å². The van der Waals surface area contributed by atoms with Crippen molar-refractivity contribution in [2.75, 3.05) is 0 Å². The predicted molar refractivity (Wildman–Crippen MR) is 41.7 cm³/mol. The van der Waals surface area contributed by atoms with Crippen LogP contribution in [0.1, 0.15) is 12.8 Å². The van der Waals surface area contributed by atoms with E-state index in [4.69, 9.17) is 0 Å². The number of halogens is 3. The highest BCUT2D eigenvalue weighted by molar-refractivity contribution is 5.39. The molecule has 0 aromatic rings. The third kappa shape index (κ3) is 1.78. The fraction of sp³-hybridized carbons (Fsp3) is 0.333. The molecule has 0 aromatic carbocycles. The molecule has 0 nitrogen and oxygen atoms in total. The molecule has 0 bridgehead atoms. The number of hydrogen-bond donors (Lipinski definition) is 0. The SMILES string of the molecule is C=CC1=C(C(F)(F)F)CCC=C1. The molecule has 0 aliphatic heterocycles. The van der Waals surface area contributed by atoms with Gasteiger partial charge in [0.2, 0.25) is 0 Å². The molecule has 0 unspecified atom stereocenters. The van der Waals surface area contributed by atoms with E-state index in [0.717, 1.165) is 0 Å². The second-order valence-corrected chi connectivity index (χ2v) is 2.58. The fourth-order valence-electron chi connectivity index (χ4n) is 1.18. The summed E-state index contributed by atoms with van der Waals surface area (Å²) in [5.74, 6) is 0. The van der Waals surface area contributed by atoms with Gasteiger partial charge in [0.15, 0.2) is 0 Å². The maximum atomic E-state index is 12.2. The molecular weight excluding hydrogens is 165 g/mol. The Hall–Kier alpha value is -0.990. The first-order valence-corrected chi connectivity index (χ1v) is 3.65. The lowest BCUT2D eigenvalue weighted by Crippen LogP contribution is -2.14. The topological polar surface area (TPSA) is 0 Å². The van der Waals surface area contributed by atoms with E-state index in [1.54, 1.807) is 6.08 Å². The maximum Gasteiger partial charge on any atom is 0.413 e. The number of rotatable bonds is 1. The Morgan fingerprint density at radius 1 is 1.42 bits per heavy atom. The van der Waals surface area contributed by atoms with Gasteiger partial charge in [-0.15, -0.1) is 0 Å². The number of hydrogen-bond acceptors (Lipinski definition) is 0. The highest BCUT2D eigenvalue weighted by Gasteiger charge is 2.35. The Morgan fingerprint density at radius 2 is 2.08 bits per heavy atom. The van der Waals surface area contributed by atoms with E-state index in [1.165, 1.54) is 12.2 Å². The third-order valence-corrected chi connectivity index (χ3v) is 1.77. The largest absolute Gasteiger partial charge is 0.413 e. The summed E-state index contributed by atoms with van der Waals surface area (Å²) in [6.45, 7) is 3.34. The monoisotopic (exact) mass is 174 g/mol. The van der Waals surface area contributed by atoms with Gasteiger partial charge in [-0.25, -0.2) is 0 Å². The van der Waals surface area contributed by atoms with E-state index < -0.39 is 11.7 Å². The zero-order valence-corrected chi connectivity index (χ0v) is 6.49. The summed E-state index contributed by atoms with van der Waals surface area (Å²) in [6, 6.07) is 0. The Kier molecular flexibility index (Phi) is 2.40. The molecule has 0 heterocycles. The molecule has 0 aromatic heterocycles. The molecule has 1 aliphatic rings. The first-order chi connectivity index (χ1) is 5.55. The lowest BCUT2D eigenvalue weighted by Gasteiger charge is -2.16. The molecule has 12 heavy (non-hydrogen) atoms. The Balaban J connectivity index is 3.04. The van der Waals surface area contributed by atoms with E-state index >= 15 is 0 Å². The average molecular weight is 174 g/mol. The summed E-state index contributed by atoms with van der Waals surface area (Å²) in [6.07, 6.45) is 0.784. The van der Waals surface area contributed by atoms with Crippen molar-refractivity contribution in [1.82, 2.24) is 0 Å². The van der Waals surface area contributed by atoms with Crippen molar-refractivity contribution >= 4 is 0 Å². The highest BCUT2D eigenvalue weighted by Crippen LogP contribution is 2.34. The summed E-state index contributed by atoms with van der Waals surface area (Å²) in [4.78, 5) is 0. The smallest absolute Gasteiger partial charge is 0.166 e. The minimum absolute atomic E-state index is 0.0708. The van der Waals surface area contributed by atoms with Gasteiger partial charge >= 0.3 is 6.18 Å². The first kappa shape index (κ1) is 9.10. The second-order valence-electron chi connectivity index (χ2n) is 2.58. The predicted octanol–water partition coefficient (Wildman–Crippen LogP) is 3.38. The molecule has 1 aliphatic carbocycles. The van der Waals surface area contributed by atoms with Gasteiger partial charge in [-0.05, 0) is 18.4 Å². The molecule has 0 atom stereocenters. The molecule has 3 heteroatoms. The van der Waals surface area contributed by atoms with Crippen LogP contribution >= 0.6 is 0 Å². The van der Waals surface area contributed by atoms with E-state index in [2.05, 4.69) is 6.58 Å². The van der Waals surface area contributed by atoms with E-state index in [1.807, 2.05) is 0 Å². The van der Waals surface area contributed by atoms with Gasteiger partial charge in [0.25, 0.3) is 0 Å². The van der Waals surface area contributed by atoms with Crippen LogP contribution in [0.4, 0.5) is 13.2 Å². The number of alkyl halides is 3. The first-order valence-electron chi connectivity index (χ1n) is 3.65. The fourth-order valence-corrected chi connectivity index (χ4v) is 1.18. The Bertz CT molecular complexity index is 243. The van der Waals surface area contributed by atoms with Crippen LogP contribution in [-0.2, 0) is 0 Å². The minimum Gasteiger partial charge on any atom is -0.166 e. The summed E-state index contributed by atoms with van der Waals surface area (Å²) in [7, 11) is 0. The molecule has 0 N–H and O–H groups in total. The zero-order chi connectivity index (χ0) is 9.19. The van der Waals surface area contributed by atoms with Gasteiger partial charge in [0.05, 0.1) is 0 Å². The van der Waals surface area contributed by atoms with Crippen LogP contribution in [0.2, 0.25) is 0 Å². The summed E-state index contributed by atoms with van der Waals surface area (Å²) in [5.41, 5.74) is -0.256. The van der Waals surface area contributed by atoms with Crippen LogP contribution in [0.15, 0.2) is 36.0 Å². The van der Waals surface area contributed by atoms with E-state index in [-0.39, 0.29) is 12.0 Å². The Labute approximate surface area is 69.1 Å². The molecule has 0 saturated carbocycles. The third-order valence-electron chi connectivity index (χ3n) is 1.77. The zero-order valence-electron chi connectivity index (χ0n) is 6.49. The van der Waals surface area contributed by atoms with Gasteiger partial charge in [-0.1, -0.05) is 24.8 Å². The number of allylic oxidation sites excluding steroid dienone is 5. The highest BCUT2D eigenvalue weighted by atomic mass is 19.4. The van der Waals surface area contributed by atoms with Gasteiger partial charge < -0.3 is 0 Å². The summed E-state index contributed by atoms with van der Waals surface area (Å²) < 4.78 is 36.7. The molecule has 0 fully saturated rings. The van der Waals surface area contributed by atoms with Crippen molar-refractivity contribution in [2.45, 2.75) is 19.0 Å². The lowest BCUT2D eigenvalue weighted by atomic mass is 9.97. The Morgan fingerprint density at radius 3 is 2.50 bits per heavy atom. The lowest BCUT2D eigenvalue weighted by molar-refractivity contribution is -0.0945. The second kappa shape index (κ2) is 3.17. The standard InChI is InChI=1S/C9H9F3/c1-2-7-5-3-4-6-8(7)9(10,11)12/h2-3,5H,1,4,6H2. The van der Waals surface area contributed by atoms with Crippen LogP contribution in [0, 0.1) is 0 Å². The van der Waals surface area contributed by atoms with Gasteiger partial charge in [0.1, 0.15) is 0 Å². The van der Waals surface area contributed by atoms with Crippen molar-refractivity contribution in [3.8, 4) is 0 Å². The van der Waals surface area contributed by atoms with E-state index in [0.29, 0.717) is 6.42 Å². The van der Waals surface area contributed by atoms with Crippen molar-refractivity contribution in [3.05, 3.63) is 36.0 Å². The summed E-state index contributed by atoms with van der Waals surface area (Å²) in [5, 5.41) is 0. The molecular formula is C9H9F3. The molecule has 0 spiro atoms. The quantitative estimate of drug-likeness (QED) is 0.571. The molecule has 0 saturated heterocycles. The van der Waals surface area contributed by atoms with E-state index in [9.17, 15) is 13.2 Å². The van der Waals surface area contributed by atoms with Crippen LogP contribution in [0.3, 0.4) is 0 Å². The van der Waals surface area contributed by atoms with Crippen LogP contribution in [0.25, 0.3) is 0 Å². The van der Waals surface area contributed by atoms with Crippen molar-refractivity contribution in [3.63, 3.8) is 0 Å². The maximum absolute atomic E-state index is 12.2. The molecule has 0 amide bonds. The average Bonchev–Trinajstić information content (AvgIpc) is 2.03.